The van der Waals surface area contributed by atoms with Gasteiger partial charge in [0.05, 0.1) is 5.25 Å². The van der Waals surface area contributed by atoms with Crippen LogP contribution in [0.4, 0.5) is 0 Å². The number of allylic oxidation sites excluding steroid dienone is 1. The van der Waals surface area contributed by atoms with E-state index in [1.165, 1.54) is 0 Å². The zero-order valence-electron chi connectivity index (χ0n) is 5.46. The van der Waals surface area contributed by atoms with E-state index in [0.29, 0.717) is 5.78 Å². The zero-order chi connectivity index (χ0) is 6.69. The Labute approximate surface area is 59.5 Å². The van der Waals surface area contributed by atoms with E-state index in [9.17, 15) is 4.79 Å². The van der Waals surface area contributed by atoms with Gasteiger partial charge in [-0.3, -0.25) is 4.79 Å². The summed E-state index contributed by atoms with van der Waals surface area (Å²) < 4.78 is 0. The molecule has 2 heteroatoms. The third-order valence-corrected chi connectivity index (χ3v) is 2.63. The largest absolute Gasteiger partial charge is 0.299 e. The minimum Gasteiger partial charge on any atom is -0.299 e. The van der Waals surface area contributed by atoms with Gasteiger partial charge < -0.3 is 0 Å². The summed E-state index contributed by atoms with van der Waals surface area (Å²) in [5, 5.41) is 2.27. The fourth-order valence-electron chi connectivity index (χ4n) is 0.833. The lowest BCUT2D eigenvalue weighted by molar-refractivity contribution is -0.116. The minimum absolute atomic E-state index is 0.245. The van der Waals surface area contributed by atoms with Crippen molar-refractivity contribution in [2.24, 2.45) is 0 Å². The second kappa shape index (κ2) is 3.06. The number of ketones is 1. The summed E-state index contributed by atoms with van der Waals surface area (Å²) in [7, 11) is 0. The Morgan fingerprint density at radius 3 is 2.89 bits per heavy atom. The van der Waals surface area contributed by atoms with Crippen LogP contribution >= 0.6 is 11.8 Å². The standard InChI is InChI=1S/C7H10OS/c1-6(8)7-4-2-3-5-9-7/h3,5,7H,2,4H2,1H3. The van der Waals surface area contributed by atoms with Crippen molar-refractivity contribution in [3.8, 4) is 0 Å². The molecule has 1 nitrogen and oxygen atoms in total. The molecule has 1 atom stereocenters. The van der Waals surface area contributed by atoms with Crippen molar-refractivity contribution in [2.75, 3.05) is 0 Å². The number of hydrogen-bond acceptors (Lipinski definition) is 2. The van der Waals surface area contributed by atoms with Gasteiger partial charge in [-0.25, -0.2) is 0 Å². The zero-order valence-corrected chi connectivity index (χ0v) is 6.28. The molecule has 0 bridgehead atoms. The van der Waals surface area contributed by atoms with E-state index in [0.717, 1.165) is 12.8 Å². The minimum atomic E-state index is 0.245. The first kappa shape index (κ1) is 6.87. The molecule has 1 aliphatic heterocycles. The second-order valence-electron chi connectivity index (χ2n) is 2.18. The van der Waals surface area contributed by atoms with Gasteiger partial charge in [-0.2, -0.15) is 0 Å². The molecular formula is C7H10OS. The molecule has 9 heavy (non-hydrogen) atoms. The van der Waals surface area contributed by atoms with Crippen molar-refractivity contribution in [1.82, 2.24) is 0 Å². The smallest absolute Gasteiger partial charge is 0.143 e. The Balaban J connectivity index is 2.44. The first-order valence-electron chi connectivity index (χ1n) is 3.11. The van der Waals surface area contributed by atoms with Crippen LogP contribution in [0, 0.1) is 0 Å². The van der Waals surface area contributed by atoms with E-state index in [4.69, 9.17) is 0 Å². The van der Waals surface area contributed by atoms with Crippen LogP contribution in [0.3, 0.4) is 0 Å². The Bertz CT molecular complexity index is 140. The highest BCUT2D eigenvalue weighted by atomic mass is 32.2. The van der Waals surface area contributed by atoms with E-state index in [-0.39, 0.29) is 5.25 Å². The molecule has 1 rings (SSSR count). The predicted molar refractivity (Wildman–Crippen MR) is 40.4 cm³/mol. The molecule has 0 saturated heterocycles. The fourth-order valence-corrected chi connectivity index (χ4v) is 1.73. The Kier molecular flexibility index (Phi) is 2.34. The molecule has 1 unspecified atom stereocenters. The first-order valence-corrected chi connectivity index (χ1v) is 4.06. The fraction of sp³-hybridized carbons (Fsp3) is 0.571. The molecular weight excluding hydrogens is 132 g/mol. The van der Waals surface area contributed by atoms with Crippen LogP contribution in [0.2, 0.25) is 0 Å². The number of carbonyl (C=O) groups is 1. The third-order valence-electron chi connectivity index (χ3n) is 1.39. The van der Waals surface area contributed by atoms with Gasteiger partial charge in [0.1, 0.15) is 5.78 Å². The summed E-state index contributed by atoms with van der Waals surface area (Å²) >= 11 is 1.64. The molecule has 0 N–H and O–H groups in total. The SMILES string of the molecule is CC(=O)C1CCC=CS1. The molecule has 1 aliphatic rings. The molecule has 0 spiro atoms. The van der Waals surface area contributed by atoms with Crippen LogP contribution in [0.15, 0.2) is 11.5 Å². The number of hydrogen-bond donors (Lipinski definition) is 0. The average molecular weight is 142 g/mol. The second-order valence-corrected chi connectivity index (χ2v) is 3.30. The van der Waals surface area contributed by atoms with Crippen LogP contribution < -0.4 is 0 Å². The van der Waals surface area contributed by atoms with Crippen molar-refractivity contribution >= 4 is 17.5 Å². The summed E-state index contributed by atoms with van der Waals surface area (Å²) in [6.45, 7) is 1.66. The molecule has 0 radical (unpaired) electrons. The van der Waals surface area contributed by atoms with E-state index < -0.39 is 0 Å². The van der Waals surface area contributed by atoms with Crippen molar-refractivity contribution in [2.45, 2.75) is 25.0 Å². The van der Waals surface area contributed by atoms with Crippen molar-refractivity contribution in [3.63, 3.8) is 0 Å². The molecule has 1 heterocycles. The van der Waals surface area contributed by atoms with E-state index in [1.807, 2.05) is 5.41 Å². The van der Waals surface area contributed by atoms with E-state index >= 15 is 0 Å². The summed E-state index contributed by atoms with van der Waals surface area (Å²) in [5.41, 5.74) is 0. The molecule has 0 fully saturated rings. The number of thioether (sulfide) groups is 1. The van der Waals surface area contributed by atoms with Gasteiger partial charge in [-0.15, -0.1) is 11.8 Å². The molecule has 0 amide bonds. The van der Waals surface area contributed by atoms with Crippen LogP contribution in [-0.4, -0.2) is 11.0 Å². The summed E-state index contributed by atoms with van der Waals surface area (Å²) in [6.07, 6.45) is 4.21. The Hall–Kier alpha value is -0.240. The summed E-state index contributed by atoms with van der Waals surface area (Å²) in [4.78, 5) is 10.7. The van der Waals surface area contributed by atoms with Crippen molar-refractivity contribution in [1.29, 1.82) is 0 Å². The maximum absolute atomic E-state index is 10.7. The molecule has 0 saturated carbocycles. The maximum Gasteiger partial charge on any atom is 0.143 e. The van der Waals surface area contributed by atoms with Gasteiger partial charge in [0.15, 0.2) is 0 Å². The summed E-state index contributed by atoms with van der Waals surface area (Å²) in [5.74, 6) is 0.310. The van der Waals surface area contributed by atoms with Gasteiger partial charge >= 0.3 is 0 Å². The number of rotatable bonds is 1. The first-order chi connectivity index (χ1) is 4.30. The molecule has 0 aromatic rings. The summed E-state index contributed by atoms with van der Waals surface area (Å²) in [6, 6.07) is 0. The van der Waals surface area contributed by atoms with Gasteiger partial charge in [0.2, 0.25) is 0 Å². The molecule has 0 aliphatic carbocycles. The van der Waals surface area contributed by atoms with Gasteiger partial charge in [-0.1, -0.05) is 6.08 Å². The Morgan fingerprint density at radius 1 is 1.78 bits per heavy atom. The topological polar surface area (TPSA) is 17.1 Å². The quantitative estimate of drug-likeness (QED) is 0.557. The monoisotopic (exact) mass is 142 g/mol. The lowest BCUT2D eigenvalue weighted by atomic mass is 10.2. The molecule has 0 aromatic carbocycles. The van der Waals surface area contributed by atoms with Gasteiger partial charge in [-0.05, 0) is 25.2 Å². The van der Waals surface area contributed by atoms with E-state index in [1.54, 1.807) is 18.7 Å². The highest BCUT2D eigenvalue weighted by Gasteiger charge is 2.14. The van der Waals surface area contributed by atoms with Gasteiger partial charge in [0, 0.05) is 0 Å². The van der Waals surface area contributed by atoms with Crippen LogP contribution in [0.1, 0.15) is 19.8 Å². The third kappa shape index (κ3) is 1.86. The van der Waals surface area contributed by atoms with Crippen molar-refractivity contribution in [3.05, 3.63) is 11.5 Å². The number of Topliss-reactive ketones (excluding diaryl/α,β-unsaturated/α-hetero) is 1. The predicted octanol–water partition coefficient (Wildman–Crippen LogP) is 1.98. The normalized spacial score (nSPS) is 26.1. The highest BCUT2D eigenvalue weighted by molar-refractivity contribution is 8.03. The highest BCUT2D eigenvalue weighted by Crippen LogP contribution is 2.23. The lowest BCUT2D eigenvalue weighted by Crippen LogP contribution is -2.13. The van der Waals surface area contributed by atoms with Crippen LogP contribution in [0.5, 0.6) is 0 Å². The van der Waals surface area contributed by atoms with Crippen molar-refractivity contribution < 1.29 is 4.79 Å². The van der Waals surface area contributed by atoms with Crippen LogP contribution in [0.25, 0.3) is 0 Å². The Morgan fingerprint density at radius 2 is 2.56 bits per heavy atom. The molecule has 0 aromatic heterocycles. The van der Waals surface area contributed by atoms with Gasteiger partial charge in [0.25, 0.3) is 0 Å². The lowest BCUT2D eigenvalue weighted by Gasteiger charge is -2.12. The van der Waals surface area contributed by atoms with E-state index in [2.05, 4.69) is 6.08 Å². The molecule has 50 valence electrons. The average Bonchev–Trinajstić information content (AvgIpc) is 1.90. The maximum atomic E-state index is 10.7. The number of carbonyl (C=O) groups excluding carboxylic acids is 1. The van der Waals surface area contributed by atoms with Crippen LogP contribution in [-0.2, 0) is 4.79 Å².